The highest BCUT2D eigenvalue weighted by molar-refractivity contribution is 6.74. The lowest BCUT2D eigenvalue weighted by atomic mass is 9.65. The van der Waals surface area contributed by atoms with Crippen LogP contribution in [0.2, 0.25) is 18.1 Å². The minimum atomic E-state index is -2.05. The Bertz CT molecular complexity index is 2110. The number of nitrogens with one attached hydrogen (secondary N) is 2. The minimum Gasteiger partial charge on any atom is -0.483 e. The number of allylic oxidation sites excluding steroid dienone is 3. The predicted octanol–water partition coefficient (Wildman–Crippen LogP) is 6.24. The van der Waals surface area contributed by atoms with Crippen LogP contribution in [0.3, 0.4) is 0 Å². The molecule has 0 aromatic heterocycles. The third-order valence-corrected chi connectivity index (χ3v) is 19.2. The Labute approximate surface area is 389 Å². The Morgan fingerprint density at radius 3 is 2.45 bits per heavy atom. The topological polar surface area (TPSA) is 196 Å². The largest absolute Gasteiger partial charge is 0.483 e. The Hall–Kier alpha value is -4.87. The Balaban J connectivity index is 0.818. The third kappa shape index (κ3) is 11.3. The molecule has 360 valence electrons. The molecule has 2 N–H and O–H groups in total. The number of nitrogens with zero attached hydrogens (tertiary/aromatic N) is 2. The zero-order valence-corrected chi connectivity index (χ0v) is 40.6. The fourth-order valence-electron chi connectivity index (χ4n) is 10.1. The van der Waals surface area contributed by atoms with Gasteiger partial charge in [-0.15, -0.1) is 0 Å². The van der Waals surface area contributed by atoms with Crippen molar-refractivity contribution in [2.75, 3.05) is 32.8 Å². The van der Waals surface area contributed by atoms with Crippen molar-refractivity contribution in [2.45, 2.75) is 147 Å². The summed E-state index contributed by atoms with van der Waals surface area (Å²) in [5.74, 6) is -2.12. The van der Waals surface area contributed by atoms with E-state index in [1.54, 1.807) is 11.0 Å². The molecule has 0 radical (unpaired) electrons. The summed E-state index contributed by atoms with van der Waals surface area (Å²) in [5.41, 5.74) is 1.28. The number of imide groups is 2. The van der Waals surface area contributed by atoms with E-state index in [0.717, 1.165) is 24.2 Å². The number of benzene rings is 1. The molecular formula is C49H68N4O12Si. The molecule has 7 rings (SSSR count). The molecule has 66 heavy (non-hydrogen) atoms. The number of carbonyl (C=O) groups is 7. The number of alkyl carbamates (subject to hydrolysis) is 1. The zero-order valence-electron chi connectivity index (χ0n) is 39.6. The van der Waals surface area contributed by atoms with E-state index in [1.807, 2.05) is 0 Å². The first kappa shape index (κ1) is 49.0. The smallest absolute Gasteiger partial charge is 0.407 e. The van der Waals surface area contributed by atoms with Gasteiger partial charge in [0.25, 0.3) is 17.7 Å². The maximum absolute atomic E-state index is 13.4. The number of carbonyl (C=O) groups excluding carboxylic acids is 7. The summed E-state index contributed by atoms with van der Waals surface area (Å²) in [6, 6.07) is 3.43. The van der Waals surface area contributed by atoms with Gasteiger partial charge in [0.05, 0.1) is 29.8 Å². The first-order valence-corrected chi connectivity index (χ1v) is 26.8. The number of esters is 1. The van der Waals surface area contributed by atoms with E-state index in [2.05, 4.69) is 76.6 Å². The number of piperidine rings is 2. The number of ether oxygens (including phenoxy) is 4. The molecule has 3 saturated heterocycles. The van der Waals surface area contributed by atoms with Crippen LogP contribution in [-0.2, 0) is 37.8 Å². The summed E-state index contributed by atoms with van der Waals surface area (Å²) in [5, 5.41) is 5.16. The maximum atomic E-state index is 13.4. The van der Waals surface area contributed by atoms with Gasteiger partial charge in [0.1, 0.15) is 24.0 Å². The van der Waals surface area contributed by atoms with Gasteiger partial charge in [-0.05, 0) is 98.5 Å². The number of amides is 6. The highest BCUT2D eigenvalue weighted by Gasteiger charge is 2.47. The molecule has 6 aliphatic rings. The lowest BCUT2D eigenvalue weighted by Crippen LogP contribution is -2.54. The third-order valence-electron chi connectivity index (χ3n) is 14.7. The zero-order chi connectivity index (χ0) is 47.5. The standard InChI is InChI=1S/C49H68N4O12Si/c1-29-24-31-13-12-30(2)35(15-14-33-26-34(27-42(56)63-33)65-66(6,7)49(3,4)5)43(31)39(25-29)64-48(60)50-20-9-23-61-32-18-21-52(22-19-32)41(55)28-62-38-11-8-10-36-44(38)47(59)53(46(36)58)37-16-17-40(54)51-45(37)57/h8,10-13,24,29-30,32-35,37,39,43H,9,14-23,25-28H2,1-7H3,(H,50,60)(H,51,54,57)/t29-,30-,33+,34+,35-,37?,39-,43-/m0/s1. The molecule has 17 heteroatoms. The summed E-state index contributed by atoms with van der Waals surface area (Å²) >= 11 is 0. The number of rotatable bonds is 15. The second-order valence-electron chi connectivity index (χ2n) is 20.5. The average molecular weight is 933 g/mol. The fraction of sp³-hybridized carbons (Fsp3) is 0.653. The van der Waals surface area contributed by atoms with Crippen LogP contribution in [0.15, 0.2) is 42.0 Å². The Kier molecular flexibility index (Phi) is 15.3. The quantitative estimate of drug-likeness (QED) is 0.0871. The second kappa shape index (κ2) is 20.6. The molecule has 0 saturated carbocycles. The van der Waals surface area contributed by atoms with Gasteiger partial charge in [-0.25, -0.2) is 4.79 Å². The molecule has 3 fully saturated rings. The average Bonchev–Trinajstić information content (AvgIpc) is 3.50. The lowest BCUT2D eigenvalue weighted by Gasteiger charge is -2.44. The van der Waals surface area contributed by atoms with Crippen LogP contribution < -0.4 is 15.4 Å². The number of likely N-dealkylation sites (tertiary alicyclic amines) is 1. The minimum absolute atomic E-state index is 0.00643. The lowest BCUT2D eigenvalue weighted by molar-refractivity contribution is -0.160. The van der Waals surface area contributed by atoms with Crippen molar-refractivity contribution in [3.8, 4) is 5.75 Å². The van der Waals surface area contributed by atoms with Crippen molar-refractivity contribution < 1.29 is 56.9 Å². The van der Waals surface area contributed by atoms with Crippen LogP contribution >= 0.6 is 0 Å². The molecule has 1 unspecified atom stereocenters. The van der Waals surface area contributed by atoms with Crippen LogP contribution in [0.5, 0.6) is 5.75 Å². The van der Waals surface area contributed by atoms with Crippen molar-refractivity contribution in [1.82, 2.24) is 20.4 Å². The molecule has 1 aromatic rings. The van der Waals surface area contributed by atoms with Crippen molar-refractivity contribution in [2.24, 2.45) is 23.7 Å². The summed E-state index contributed by atoms with van der Waals surface area (Å²) < 4.78 is 30.7. The Morgan fingerprint density at radius 1 is 0.970 bits per heavy atom. The molecule has 4 aliphatic heterocycles. The molecule has 8 atom stereocenters. The molecule has 6 amide bonds. The number of cyclic esters (lactones) is 1. The van der Waals surface area contributed by atoms with Gasteiger partial charge in [0.15, 0.2) is 14.9 Å². The van der Waals surface area contributed by atoms with Crippen molar-refractivity contribution >= 4 is 49.9 Å². The van der Waals surface area contributed by atoms with Crippen LogP contribution in [0.25, 0.3) is 0 Å². The van der Waals surface area contributed by atoms with Crippen molar-refractivity contribution in [3.63, 3.8) is 0 Å². The van der Waals surface area contributed by atoms with Gasteiger partial charge >= 0.3 is 12.1 Å². The van der Waals surface area contributed by atoms with Gasteiger partial charge in [-0.2, -0.15) is 0 Å². The highest BCUT2D eigenvalue weighted by atomic mass is 28.4. The molecule has 4 heterocycles. The Morgan fingerprint density at radius 2 is 1.73 bits per heavy atom. The predicted molar refractivity (Wildman–Crippen MR) is 245 cm³/mol. The number of hydrogen-bond acceptors (Lipinski definition) is 12. The van der Waals surface area contributed by atoms with Gasteiger partial charge < -0.3 is 33.6 Å². The van der Waals surface area contributed by atoms with Gasteiger partial charge in [-0.1, -0.05) is 58.9 Å². The van der Waals surface area contributed by atoms with E-state index in [9.17, 15) is 33.6 Å². The molecule has 16 nitrogen and oxygen atoms in total. The first-order chi connectivity index (χ1) is 31.3. The summed E-state index contributed by atoms with van der Waals surface area (Å²) in [4.78, 5) is 92.3. The highest BCUT2D eigenvalue weighted by Crippen LogP contribution is 2.46. The second-order valence-corrected chi connectivity index (χ2v) is 25.3. The molecule has 2 aliphatic carbocycles. The van der Waals surface area contributed by atoms with Crippen LogP contribution in [0.4, 0.5) is 4.79 Å². The van der Waals surface area contributed by atoms with Crippen LogP contribution in [-0.4, -0.2) is 123 Å². The van der Waals surface area contributed by atoms with Crippen molar-refractivity contribution in [1.29, 1.82) is 0 Å². The summed E-state index contributed by atoms with van der Waals surface area (Å²) in [6.07, 6.45) is 10.8. The SMILES string of the molecule is C[C@H]1C=C2C=C[C@H](C)[C@H](CC[C@@H]3C[C@@H](O[Si](C)(C)C(C)(C)C)CC(=O)O3)[C@H]2[C@@H](OC(=O)NCCCOC2CCN(C(=O)COc3cccc4c3C(=O)N(C3CCC(=O)NC3=O)C4=O)CC2)C1. The summed E-state index contributed by atoms with van der Waals surface area (Å²) in [6.45, 7) is 16.8. The van der Waals surface area contributed by atoms with Gasteiger partial charge in [0, 0.05) is 45.0 Å². The van der Waals surface area contributed by atoms with Crippen molar-refractivity contribution in [3.05, 3.63) is 53.1 Å². The maximum Gasteiger partial charge on any atom is 0.407 e. The monoisotopic (exact) mass is 932 g/mol. The van der Waals surface area contributed by atoms with E-state index >= 15 is 0 Å². The van der Waals surface area contributed by atoms with E-state index < -0.39 is 44.1 Å². The van der Waals surface area contributed by atoms with Crippen LogP contribution in [0, 0.1) is 23.7 Å². The van der Waals surface area contributed by atoms with E-state index in [1.165, 1.54) is 17.7 Å². The number of fused-ring (bicyclic) bond motifs is 2. The first-order valence-electron chi connectivity index (χ1n) is 23.9. The van der Waals surface area contributed by atoms with E-state index in [4.69, 9.17) is 23.4 Å². The normalized spacial score (nSPS) is 28.3. The van der Waals surface area contributed by atoms with E-state index in [0.29, 0.717) is 58.3 Å². The summed E-state index contributed by atoms with van der Waals surface area (Å²) in [7, 11) is -2.05. The number of hydrogen-bond donors (Lipinski definition) is 2. The van der Waals surface area contributed by atoms with Gasteiger partial charge in [-0.3, -0.25) is 39.0 Å². The molecule has 0 bridgehead atoms. The molecular weight excluding hydrogens is 865 g/mol. The van der Waals surface area contributed by atoms with E-state index in [-0.39, 0.29) is 101 Å². The van der Waals surface area contributed by atoms with Gasteiger partial charge in [0.2, 0.25) is 11.8 Å². The molecule has 1 aromatic carbocycles. The fourth-order valence-corrected chi connectivity index (χ4v) is 11.5. The molecule has 0 spiro atoms. The van der Waals surface area contributed by atoms with Crippen LogP contribution in [0.1, 0.15) is 120 Å².